The van der Waals surface area contributed by atoms with Crippen LogP contribution in [0.5, 0.6) is 0 Å². The summed E-state index contributed by atoms with van der Waals surface area (Å²) >= 11 is 0. The molecule has 0 rings (SSSR count). The first-order valence-corrected chi connectivity index (χ1v) is 7.08. The molecule has 0 aromatic rings. The van der Waals surface area contributed by atoms with Crippen LogP contribution in [0.2, 0.25) is 0 Å². The maximum Gasteiger partial charge on any atom is 0.0589 e. The maximum atomic E-state index is 5.98. The third-order valence-electron chi connectivity index (χ3n) is 3.93. The van der Waals surface area contributed by atoms with Crippen LogP contribution in [0.25, 0.3) is 0 Å². The van der Waals surface area contributed by atoms with Crippen LogP contribution in [0.15, 0.2) is 0 Å². The standard InChI is InChI=1S/C14H32N2O2/c1-5-14(6-2,12-15)13-16(9-11-18-4)8-7-10-17-3/h5-13,15H2,1-4H3. The first-order valence-electron chi connectivity index (χ1n) is 7.08. The van der Waals surface area contributed by atoms with Crippen LogP contribution in [-0.2, 0) is 9.47 Å². The van der Waals surface area contributed by atoms with Gasteiger partial charge in [-0.2, -0.15) is 0 Å². The SMILES string of the molecule is CCC(CC)(CN)CN(CCCOC)CCOC. The van der Waals surface area contributed by atoms with Gasteiger partial charge in [-0.3, -0.25) is 0 Å². The lowest BCUT2D eigenvalue weighted by Gasteiger charge is -2.36. The van der Waals surface area contributed by atoms with Crippen LogP contribution in [0, 0.1) is 5.41 Å². The Morgan fingerprint density at radius 3 is 2.06 bits per heavy atom. The quantitative estimate of drug-likeness (QED) is 0.543. The zero-order chi connectivity index (χ0) is 13.9. The molecule has 0 fully saturated rings. The van der Waals surface area contributed by atoms with Crippen molar-refractivity contribution in [2.45, 2.75) is 33.1 Å². The minimum atomic E-state index is 0.251. The van der Waals surface area contributed by atoms with Crippen LogP contribution < -0.4 is 5.73 Å². The highest BCUT2D eigenvalue weighted by Gasteiger charge is 2.26. The van der Waals surface area contributed by atoms with Gasteiger partial charge in [0.1, 0.15) is 0 Å². The first kappa shape index (κ1) is 17.8. The second kappa shape index (κ2) is 10.7. The van der Waals surface area contributed by atoms with Crippen LogP contribution in [0.3, 0.4) is 0 Å². The third-order valence-corrected chi connectivity index (χ3v) is 3.93. The van der Waals surface area contributed by atoms with E-state index < -0.39 is 0 Å². The molecule has 0 heterocycles. The van der Waals surface area contributed by atoms with Crippen molar-refractivity contribution in [3.05, 3.63) is 0 Å². The van der Waals surface area contributed by atoms with Crippen molar-refractivity contribution in [1.82, 2.24) is 4.90 Å². The summed E-state index contributed by atoms with van der Waals surface area (Å²) in [4.78, 5) is 2.46. The Hall–Kier alpha value is -0.160. The van der Waals surface area contributed by atoms with Gasteiger partial charge in [-0.15, -0.1) is 0 Å². The summed E-state index contributed by atoms with van der Waals surface area (Å²) in [7, 11) is 3.50. The fourth-order valence-corrected chi connectivity index (χ4v) is 2.22. The molecule has 0 saturated heterocycles. The van der Waals surface area contributed by atoms with Crippen LogP contribution in [0.1, 0.15) is 33.1 Å². The number of methoxy groups -OCH3 is 2. The van der Waals surface area contributed by atoms with Gasteiger partial charge in [-0.05, 0) is 31.2 Å². The fraction of sp³-hybridized carbons (Fsp3) is 1.00. The summed E-state index contributed by atoms with van der Waals surface area (Å²) in [6.45, 7) is 9.91. The smallest absolute Gasteiger partial charge is 0.0589 e. The summed E-state index contributed by atoms with van der Waals surface area (Å²) in [6, 6.07) is 0. The average Bonchev–Trinajstić information content (AvgIpc) is 2.42. The lowest BCUT2D eigenvalue weighted by molar-refractivity contribution is 0.0927. The van der Waals surface area contributed by atoms with Crippen molar-refractivity contribution >= 4 is 0 Å². The molecule has 0 aliphatic rings. The van der Waals surface area contributed by atoms with Crippen LogP contribution in [0.4, 0.5) is 0 Å². The summed E-state index contributed by atoms with van der Waals surface area (Å²) < 4.78 is 10.3. The molecular weight excluding hydrogens is 228 g/mol. The van der Waals surface area contributed by atoms with Gasteiger partial charge in [0.05, 0.1) is 6.61 Å². The summed E-state index contributed by atoms with van der Waals surface area (Å²) in [5.41, 5.74) is 6.23. The lowest BCUT2D eigenvalue weighted by atomic mass is 9.82. The van der Waals surface area contributed by atoms with Gasteiger partial charge in [0.25, 0.3) is 0 Å². The minimum Gasteiger partial charge on any atom is -0.385 e. The average molecular weight is 260 g/mol. The summed E-state index contributed by atoms with van der Waals surface area (Å²) in [5.74, 6) is 0. The van der Waals surface area contributed by atoms with Gasteiger partial charge in [0.2, 0.25) is 0 Å². The Balaban J connectivity index is 4.33. The Bertz CT molecular complexity index is 176. The molecule has 18 heavy (non-hydrogen) atoms. The monoisotopic (exact) mass is 260 g/mol. The fourth-order valence-electron chi connectivity index (χ4n) is 2.22. The molecule has 0 bridgehead atoms. The molecule has 0 aliphatic heterocycles. The van der Waals surface area contributed by atoms with Crippen molar-refractivity contribution in [3.8, 4) is 0 Å². The van der Waals surface area contributed by atoms with Crippen molar-refractivity contribution in [3.63, 3.8) is 0 Å². The van der Waals surface area contributed by atoms with Gasteiger partial charge in [-0.1, -0.05) is 13.8 Å². The van der Waals surface area contributed by atoms with Crippen molar-refractivity contribution in [1.29, 1.82) is 0 Å². The zero-order valence-electron chi connectivity index (χ0n) is 12.7. The van der Waals surface area contributed by atoms with E-state index in [4.69, 9.17) is 15.2 Å². The van der Waals surface area contributed by atoms with Gasteiger partial charge >= 0.3 is 0 Å². The Labute approximate surface area is 113 Å². The van der Waals surface area contributed by atoms with Gasteiger partial charge in [-0.25, -0.2) is 0 Å². The maximum absolute atomic E-state index is 5.98. The highest BCUT2D eigenvalue weighted by molar-refractivity contribution is 4.81. The second-order valence-electron chi connectivity index (χ2n) is 5.03. The second-order valence-corrected chi connectivity index (χ2v) is 5.03. The molecule has 0 unspecified atom stereocenters. The molecule has 4 nitrogen and oxygen atoms in total. The van der Waals surface area contributed by atoms with Crippen molar-refractivity contribution in [2.75, 3.05) is 53.6 Å². The van der Waals surface area contributed by atoms with E-state index in [1.165, 1.54) is 0 Å². The van der Waals surface area contributed by atoms with E-state index in [1.54, 1.807) is 14.2 Å². The van der Waals surface area contributed by atoms with E-state index >= 15 is 0 Å². The molecule has 0 amide bonds. The minimum absolute atomic E-state index is 0.251. The Morgan fingerprint density at radius 1 is 1.00 bits per heavy atom. The number of ether oxygens (including phenoxy) is 2. The molecule has 0 aromatic carbocycles. The third kappa shape index (κ3) is 6.69. The predicted molar refractivity (Wildman–Crippen MR) is 76.9 cm³/mol. The molecule has 4 heteroatoms. The number of nitrogens with two attached hydrogens (primary N) is 1. The Kier molecular flexibility index (Phi) is 10.6. The highest BCUT2D eigenvalue weighted by Crippen LogP contribution is 2.26. The lowest BCUT2D eigenvalue weighted by Crippen LogP contribution is -2.43. The van der Waals surface area contributed by atoms with Gasteiger partial charge in [0, 0.05) is 40.5 Å². The summed E-state index contributed by atoms with van der Waals surface area (Å²) in [5, 5.41) is 0. The number of hydrogen-bond acceptors (Lipinski definition) is 4. The molecule has 0 aromatic heterocycles. The van der Waals surface area contributed by atoms with Gasteiger partial charge in [0.15, 0.2) is 0 Å². The van der Waals surface area contributed by atoms with E-state index in [0.29, 0.717) is 0 Å². The van der Waals surface area contributed by atoms with Gasteiger partial charge < -0.3 is 20.1 Å². The number of rotatable bonds is 12. The topological polar surface area (TPSA) is 47.7 Å². The van der Waals surface area contributed by atoms with E-state index in [2.05, 4.69) is 18.7 Å². The molecule has 0 aliphatic carbocycles. The molecule has 0 radical (unpaired) electrons. The van der Waals surface area contributed by atoms with Crippen molar-refractivity contribution in [2.24, 2.45) is 11.1 Å². The number of hydrogen-bond donors (Lipinski definition) is 1. The van der Waals surface area contributed by atoms with Crippen LogP contribution in [-0.4, -0.2) is 58.5 Å². The van der Waals surface area contributed by atoms with Crippen LogP contribution >= 0.6 is 0 Å². The highest BCUT2D eigenvalue weighted by atomic mass is 16.5. The molecule has 110 valence electrons. The van der Waals surface area contributed by atoms with E-state index in [1.807, 2.05) is 0 Å². The summed E-state index contributed by atoms with van der Waals surface area (Å²) in [6.07, 6.45) is 3.33. The molecule has 2 N–H and O–H groups in total. The van der Waals surface area contributed by atoms with Crippen molar-refractivity contribution < 1.29 is 9.47 Å². The Morgan fingerprint density at radius 2 is 1.61 bits per heavy atom. The first-order chi connectivity index (χ1) is 8.67. The molecule has 0 atom stereocenters. The molecule has 0 spiro atoms. The number of nitrogens with zero attached hydrogens (tertiary/aromatic N) is 1. The largest absolute Gasteiger partial charge is 0.385 e. The molecular formula is C14H32N2O2. The van der Waals surface area contributed by atoms with E-state index in [9.17, 15) is 0 Å². The predicted octanol–water partition coefficient (Wildman–Crippen LogP) is 1.74. The van der Waals surface area contributed by atoms with E-state index in [0.717, 1.165) is 58.7 Å². The van der Waals surface area contributed by atoms with E-state index in [-0.39, 0.29) is 5.41 Å². The molecule has 0 saturated carbocycles. The zero-order valence-corrected chi connectivity index (χ0v) is 12.7. The normalized spacial score (nSPS) is 12.3.